The van der Waals surface area contributed by atoms with E-state index >= 15 is 0 Å². The SMILES string of the molecule is NCCC1(c2scnc2C2CC2)CC1. The first-order valence-electron chi connectivity index (χ1n) is 5.50. The largest absolute Gasteiger partial charge is 0.330 e. The van der Waals surface area contributed by atoms with Crippen LogP contribution in [0.5, 0.6) is 0 Å². The van der Waals surface area contributed by atoms with E-state index in [2.05, 4.69) is 4.98 Å². The third-order valence-electron chi connectivity index (χ3n) is 3.52. The standard InChI is InChI=1S/C11H16N2S/c12-6-5-11(3-4-11)10-9(8-1-2-8)13-7-14-10/h7-8H,1-6,12H2. The quantitative estimate of drug-likeness (QED) is 0.825. The van der Waals surface area contributed by atoms with Gasteiger partial charge >= 0.3 is 0 Å². The molecule has 76 valence electrons. The van der Waals surface area contributed by atoms with Crippen molar-refractivity contribution >= 4 is 11.3 Å². The van der Waals surface area contributed by atoms with Gasteiger partial charge in [0.05, 0.1) is 11.2 Å². The lowest BCUT2D eigenvalue weighted by atomic mass is 9.97. The zero-order chi connectivity index (χ0) is 9.60. The van der Waals surface area contributed by atoms with Gasteiger partial charge in [0.2, 0.25) is 0 Å². The van der Waals surface area contributed by atoms with Gasteiger partial charge in [0.1, 0.15) is 0 Å². The highest BCUT2D eigenvalue weighted by atomic mass is 32.1. The first-order chi connectivity index (χ1) is 6.86. The molecule has 0 bridgehead atoms. The van der Waals surface area contributed by atoms with Crippen LogP contribution < -0.4 is 5.73 Å². The van der Waals surface area contributed by atoms with Gasteiger partial charge in [-0.15, -0.1) is 11.3 Å². The van der Waals surface area contributed by atoms with Crippen molar-refractivity contribution in [2.24, 2.45) is 5.73 Å². The minimum absolute atomic E-state index is 0.466. The Balaban J connectivity index is 1.91. The molecule has 2 saturated carbocycles. The van der Waals surface area contributed by atoms with Gasteiger partial charge in [-0.2, -0.15) is 0 Å². The Kier molecular flexibility index (Phi) is 1.92. The lowest BCUT2D eigenvalue weighted by Gasteiger charge is -2.13. The van der Waals surface area contributed by atoms with Crippen molar-refractivity contribution in [3.8, 4) is 0 Å². The van der Waals surface area contributed by atoms with Gasteiger partial charge in [-0.1, -0.05) is 0 Å². The Morgan fingerprint density at radius 3 is 2.86 bits per heavy atom. The molecule has 2 nitrogen and oxygen atoms in total. The topological polar surface area (TPSA) is 38.9 Å². The molecule has 2 aliphatic rings. The predicted molar refractivity (Wildman–Crippen MR) is 58.7 cm³/mol. The molecule has 0 atom stereocenters. The first-order valence-corrected chi connectivity index (χ1v) is 6.38. The fourth-order valence-electron chi connectivity index (χ4n) is 2.32. The third-order valence-corrected chi connectivity index (χ3v) is 4.61. The van der Waals surface area contributed by atoms with Crippen LogP contribution in [0, 0.1) is 0 Å². The van der Waals surface area contributed by atoms with Gasteiger partial charge in [-0.3, -0.25) is 0 Å². The highest BCUT2D eigenvalue weighted by Crippen LogP contribution is 2.56. The maximum absolute atomic E-state index is 5.69. The molecule has 0 saturated heterocycles. The van der Waals surface area contributed by atoms with Crippen molar-refractivity contribution in [1.29, 1.82) is 0 Å². The molecule has 1 aromatic heterocycles. The number of thiazole rings is 1. The van der Waals surface area contributed by atoms with E-state index in [-0.39, 0.29) is 0 Å². The molecular formula is C11H16N2S. The molecule has 0 aromatic carbocycles. The number of hydrogen-bond acceptors (Lipinski definition) is 3. The Morgan fingerprint density at radius 2 is 2.29 bits per heavy atom. The van der Waals surface area contributed by atoms with E-state index in [0.717, 1.165) is 18.9 Å². The number of nitrogens with zero attached hydrogens (tertiary/aromatic N) is 1. The lowest BCUT2D eigenvalue weighted by Crippen LogP contribution is -2.13. The Hall–Kier alpha value is -0.410. The van der Waals surface area contributed by atoms with Gasteiger partial charge in [0, 0.05) is 16.2 Å². The summed E-state index contributed by atoms with van der Waals surface area (Å²) in [5.41, 5.74) is 9.60. The summed E-state index contributed by atoms with van der Waals surface area (Å²) >= 11 is 1.86. The predicted octanol–water partition coefficient (Wildman–Crippen LogP) is 2.40. The molecule has 2 aliphatic carbocycles. The third kappa shape index (κ3) is 1.30. The lowest BCUT2D eigenvalue weighted by molar-refractivity contribution is 0.631. The second-order valence-electron chi connectivity index (χ2n) is 4.66. The van der Waals surface area contributed by atoms with E-state index in [0.29, 0.717) is 5.41 Å². The maximum atomic E-state index is 5.69. The molecule has 2 N–H and O–H groups in total. The molecule has 0 unspecified atom stereocenters. The number of hydrogen-bond donors (Lipinski definition) is 1. The van der Waals surface area contributed by atoms with E-state index in [1.807, 2.05) is 16.8 Å². The smallest absolute Gasteiger partial charge is 0.0798 e. The van der Waals surface area contributed by atoms with Crippen molar-refractivity contribution < 1.29 is 0 Å². The Bertz CT molecular complexity index is 337. The van der Waals surface area contributed by atoms with Gasteiger partial charge in [0.15, 0.2) is 0 Å². The molecule has 1 aromatic rings. The van der Waals surface area contributed by atoms with Gasteiger partial charge in [-0.25, -0.2) is 4.98 Å². The number of aromatic nitrogens is 1. The second kappa shape index (κ2) is 3.04. The summed E-state index contributed by atoms with van der Waals surface area (Å²) < 4.78 is 0. The second-order valence-corrected chi connectivity index (χ2v) is 5.51. The number of nitrogens with two attached hydrogens (primary N) is 1. The molecule has 1 heterocycles. The molecular weight excluding hydrogens is 192 g/mol. The maximum Gasteiger partial charge on any atom is 0.0798 e. The molecule has 14 heavy (non-hydrogen) atoms. The highest BCUT2D eigenvalue weighted by Gasteiger charge is 2.47. The van der Waals surface area contributed by atoms with Crippen molar-refractivity contribution in [3.63, 3.8) is 0 Å². The fraction of sp³-hybridized carbons (Fsp3) is 0.727. The zero-order valence-electron chi connectivity index (χ0n) is 8.33. The van der Waals surface area contributed by atoms with Gasteiger partial charge in [0.25, 0.3) is 0 Å². The van der Waals surface area contributed by atoms with Crippen LogP contribution in [0.3, 0.4) is 0 Å². The Morgan fingerprint density at radius 1 is 1.50 bits per heavy atom. The van der Waals surface area contributed by atoms with E-state index in [9.17, 15) is 0 Å². The van der Waals surface area contributed by atoms with Crippen LogP contribution in [0.4, 0.5) is 0 Å². The molecule has 3 heteroatoms. The van der Waals surface area contributed by atoms with Crippen LogP contribution in [0.25, 0.3) is 0 Å². The van der Waals surface area contributed by atoms with E-state index in [1.54, 1.807) is 4.88 Å². The van der Waals surface area contributed by atoms with Crippen LogP contribution in [0.1, 0.15) is 48.6 Å². The van der Waals surface area contributed by atoms with Crippen LogP contribution in [0.2, 0.25) is 0 Å². The minimum atomic E-state index is 0.466. The van der Waals surface area contributed by atoms with Crippen LogP contribution in [-0.2, 0) is 5.41 Å². The summed E-state index contributed by atoms with van der Waals surface area (Å²) in [6, 6.07) is 0. The van der Waals surface area contributed by atoms with E-state index in [4.69, 9.17) is 5.73 Å². The Labute approximate surface area is 88.5 Å². The summed E-state index contributed by atoms with van der Waals surface area (Å²) in [5, 5.41) is 0. The fourth-order valence-corrected chi connectivity index (χ4v) is 3.48. The zero-order valence-corrected chi connectivity index (χ0v) is 9.15. The van der Waals surface area contributed by atoms with Crippen LogP contribution in [0.15, 0.2) is 5.51 Å². The van der Waals surface area contributed by atoms with Crippen molar-refractivity contribution in [2.75, 3.05) is 6.54 Å². The first kappa shape index (κ1) is 8.86. The van der Waals surface area contributed by atoms with Gasteiger partial charge in [-0.05, 0) is 38.6 Å². The summed E-state index contributed by atoms with van der Waals surface area (Å²) in [6.45, 7) is 0.821. The normalized spacial score (nSPS) is 23.8. The summed E-state index contributed by atoms with van der Waals surface area (Å²) in [6.07, 6.45) is 6.55. The average Bonchev–Trinajstić information content (AvgIpc) is 3.10. The van der Waals surface area contributed by atoms with E-state index in [1.165, 1.54) is 31.4 Å². The van der Waals surface area contributed by atoms with Crippen LogP contribution >= 0.6 is 11.3 Å². The van der Waals surface area contributed by atoms with Crippen molar-refractivity contribution in [3.05, 3.63) is 16.1 Å². The number of rotatable bonds is 4. The summed E-state index contributed by atoms with van der Waals surface area (Å²) in [4.78, 5) is 6.12. The molecule has 2 fully saturated rings. The van der Waals surface area contributed by atoms with E-state index < -0.39 is 0 Å². The summed E-state index contributed by atoms with van der Waals surface area (Å²) in [7, 11) is 0. The van der Waals surface area contributed by atoms with Crippen LogP contribution in [-0.4, -0.2) is 11.5 Å². The molecule has 0 radical (unpaired) electrons. The minimum Gasteiger partial charge on any atom is -0.330 e. The van der Waals surface area contributed by atoms with Gasteiger partial charge < -0.3 is 5.73 Å². The molecule has 0 aliphatic heterocycles. The average molecular weight is 208 g/mol. The van der Waals surface area contributed by atoms with Crippen molar-refractivity contribution in [1.82, 2.24) is 4.98 Å². The monoisotopic (exact) mass is 208 g/mol. The molecule has 0 spiro atoms. The molecule has 3 rings (SSSR count). The van der Waals surface area contributed by atoms with Crippen molar-refractivity contribution in [2.45, 2.75) is 43.4 Å². The summed E-state index contributed by atoms with van der Waals surface area (Å²) in [5.74, 6) is 0.798. The molecule has 0 amide bonds. The highest BCUT2D eigenvalue weighted by molar-refractivity contribution is 7.10.